The van der Waals surface area contributed by atoms with Gasteiger partial charge in [-0.3, -0.25) is 4.79 Å². The average molecular weight is 670 g/mol. The predicted octanol–water partition coefficient (Wildman–Crippen LogP) is 8.86. The number of halogens is 4. The molecule has 39 heavy (non-hydrogen) atoms. The van der Waals surface area contributed by atoms with Crippen molar-refractivity contribution in [3.05, 3.63) is 140 Å². The fourth-order valence-corrected chi connectivity index (χ4v) is 3.92. The molecule has 1 aromatic heterocycles. The Morgan fingerprint density at radius 2 is 1.54 bits per heavy atom. The Bertz CT molecular complexity index is 1660. The fourth-order valence-electron chi connectivity index (χ4n) is 3.24. The van der Waals surface area contributed by atoms with E-state index in [0.29, 0.717) is 28.7 Å². The van der Waals surface area contributed by atoms with Gasteiger partial charge in [0.1, 0.15) is 5.82 Å². The van der Waals surface area contributed by atoms with Crippen LogP contribution in [0.5, 0.6) is 0 Å². The van der Waals surface area contributed by atoms with E-state index >= 15 is 0 Å². The van der Waals surface area contributed by atoms with Crippen molar-refractivity contribution in [2.45, 2.75) is 6.54 Å². The lowest BCUT2D eigenvalue weighted by molar-refractivity contribution is 0.112. The first-order chi connectivity index (χ1) is 18.4. The maximum atomic E-state index is 12.6. The van der Waals surface area contributed by atoms with Crippen molar-refractivity contribution in [3.63, 3.8) is 0 Å². The minimum Gasteiger partial charge on any atom is -0.327 e. The molecule has 0 aliphatic heterocycles. The van der Waals surface area contributed by atoms with E-state index in [2.05, 4.69) is 46.6 Å². The monoisotopic (exact) mass is 667 g/mol. The molecule has 0 aliphatic rings. The van der Waals surface area contributed by atoms with Crippen molar-refractivity contribution in [1.82, 2.24) is 9.78 Å². The number of carbonyl (C=O) groups excluding carboxylic acids is 1. The number of carbonyl (C=O) groups is 1. The summed E-state index contributed by atoms with van der Waals surface area (Å²) in [6.07, 6.45) is 2.31. The predicted molar refractivity (Wildman–Crippen MR) is 162 cm³/mol. The molecular formula is C29H21Br2ClFN5O. The maximum absolute atomic E-state index is 12.6. The van der Waals surface area contributed by atoms with E-state index in [9.17, 15) is 9.18 Å². The summed E-state index contributed by atoms with van der Waals surface area (Å²) in [7, 11) is 0. The first-order valence-corrected chi connectivity index (χ1v) is 12.6. The number of nitrogens with zero attached hydrogens (tertiary/aromatic N) is 4. The molecule has 10 heteroatoms. The second-order valence-corrected chi connectivity index (χ2v) is 9.49. The summed E-state index contributed by atoms with van der Waals surface area (Å²) in [6.45, 7) is 14.3. The Labute approximate surface area is 248 Å². The number of aromatic nitrogens is 2. The molecule has 0 bridgehead atoms. The minimum atomic E-state index is -0.496. The molecule has 6 nitrogen and oxygen atoms in total. The summed E-state index contributed by atoms with van der Waals surface area (Å²) in [5.41, 5.74) is 9.66. The van der Waals surface area contributed by atoms with Gasteiger partial charge in [0.05, 0.1) is 36.1 Å². The zero-order valence-corrected chi connectivity index (χ0v) is 24.2. The average Bonchev–Trinajstić information content (AvgIpc) is 3.37. The molecule has 0 fully saturated rings. The highest BCUT2D eigenvalue weighted by Gasteiger charge is 2.06. The number of nitrogens with two attached hydrogens (primary N) is 1. The molecule has 0 aliphatic carbocycles. The number of benzene rings is 4. The van der Waals surface area contributed by atoms with Crippen LogP contribution in [-0.2, 0) is 6.54 Å². The Morgan fingerprint density at radius 3 is 2.18 bits per heavy atom. The van der Waals surface area contributed by atoms with E-state index in [-0.39, 0.29) is 18.0 Å². The molecule has 0 atom stereocenters. The summed E-state index contributed by atoms with van der Waals surface area (Å²) < 4.78 is 16.1. The van der Waals surface area contributed by atoms with Crippen LogP contribution in [0.3, 0.4) is 0 Å². The van der Waals surface area contributed by atoms with Crippen molar-refractivity contribution in [2.75, 3.05) is 0 Å². The van der Waals surface area contributed by atoms with Crippen LogP contribution in [0.2, 0.25) is 0 Å². The van der Waals surface area contributed by atoms with Crippen LogP contribution in [-0.4, -0.2) is 16.1 Å². The summed E-state index contributed by atoms with van der Waals surface area (Å²) in [5.74, 6) is -0.496. The van der Waals surface area contributed by atoms with E-state index in [0.717, 1.165) is 26.6 Å². The van der Waals surface area contributed by atoms with Crippen molar-refractivity contribution < 1.29 is 9.18 Å². The first-order valence-electron chi connectivity index (χ1n) is 11.1. The molecule has 5 aromatic rings. The second-order valence-electron chi connectivity index (χ2n) is 7.66. The lowest BCUT2D eigenvalue weighted by Crippen LogP contribution is -1.95. The minimum absolute atomic E-state index is 0. The van der Waals surface area contributed by atoms with Crippen LogP contribution in [0.4, 0.5) is 15.8 Å². The topological polar surface area (TPSA) is 69.6 Å². The van der Waals surface area contributed by atoms with E-state index in [1.165, 1.54) is 12.1 Å². The van der Waals surface area contributed by atoms with Crippen LogP contribution < -0.4 is 5.73 Å². The number of aldehydes is 1. The number of hydrogen-bond donors (Lipinski definition) is 1. The lowest BCUT2D eigenvalue weighted by Gasteiger charge is -2.04. The quantitative estimate of drug-likeness (QED) is 0.154. The molecule has 196 valence electrons. The Hall–Kier alpha value is -3.86. The fraction of sp³-hybridized carbons (Fsp3) is 0.0345. The van der Waals surface area contributed by atoms with Gasteiger partial charge in [0, 0.05) is 20.9 Å². The lowest BCUT2D eigenvalue weighted by atomic mass is 10.2. The molecule has 0 saturated heterocycles. The van der Waals surface area contributed by atoms with Crippen LogP contribution in [0.25, 0.3) is 26.3 Å². The molecule has 0 unspecified atom stereocenters. The molecule has 5 rings (SSSR count). The van der Waals surface area contributed by atoms with Gasteiger partial charge in [0.25, 0.3) is 0 Å². The molecular weight excluding hydrogens is 649 g/mol. The van der Waals surface area contributed by atoms with Gasteiger partial charge < -0.3 is 5.73 Å². The standard InChI is InChI=1S/C14H8BrN3.C8H8N2.C7H4BrFO.ClH/c1-16-12-3-2-4-13(8-12)18-14-7-11(15)6-5-10(14)9-17-18;1-10-8-4-2-3-7(5-8)6-9;8-6-2-1-5(4-10)7(9)3-6;/h2-9H;2-5H,6,9H2;1-4H;1H. The molecule has 0 radical (unpaired) electrons. The summed E-state index contributed by atoms with van der Waals surface area (Å²) in [6, 6.07) is 25.1. The van der Waals surface area contributed by atoms with E-state index in [1.807, 2.05) is 59.4 Å². The highest BCUT2D eigenvalue weighted by atomic mass is 79.9. The molecule has 0 saturated carbocycles. The zero-order valence-electron chi connectivity index (χ0n) is 20.3. The van der Waals surface area contributed by atoms with Gasteiger partial charge >= 0.3 is 0 Å². The molecule has 0 spiro atoms. The van der Waals surface area contributed by atoms with Crippen molar-refractivity contribution in [2.24, 2.45) is 5.73 Å². The summed E-state index contributed by atoms with van der Waals surface area (Å²) in [5, 5.41) is 5.45. The highest BCUT2D eigenvalue weighted by molar-refractivity contribution is 9.10. The number of hydrogen-bond acceptors (Lipinski definition) is 3. The largest absolute Gasteiger partial charge is 0.327 e. The van der Waals surface area contributed by atoms with E-state index in [1.54, 1.807) is 24.3 Å². The molecule has 4 aromatic carbocycles. The van der Waals surface area contributed by atoms with Gasteiger partial charge in [-0.2, -0.15) is 5.10 Å². The van der Waals surface area contributed by atoms with Gasteiger partial charge in [0.2, 0.25) is 0 Å². The maximum Gasteiger partial charge on any atom is 0.189 e. The van der Waals surface area contributed by atoms with Gasteiger partial charge in [-0.25, -0.2) is 18.8 Å². The van der Waals surface area contributed by atoms with E-state index in [4.69, 9.17) is 18.9 Å². The first kappa shape index (κ1) is 31.4. The SMILES string of the molecule is Cl.O=Cc1ccc(Br)cc1F.[C-]#[N+]c1cccc(-n2ncc3ccc(Br)cc32)c1.[C-]#[N+]c1cccc(CN)c1. The normalized spacial score (nSPS) is 9.49. The number of rotatable bonds is 3. The van der Waals surface area contributed by atoms with E-state index < -0.39 is 5.82 Å². The summed E-state index contributed by atoms with van der Waals surface area (Å²) in [4.78, 5) is 16.8. The van der Waals surface area contributed by atoms with Crippen LogP contribution in [0.1, 0.15) is 15.9 Å². The Morgan fingerprint density at radius 1 is 0.897 bits per heavy atom. The highest BCUT2D eigenvalue weighted by Crippen LogP contribution is 2.24. The number of fused-ring (bicyclic) bond motifs is 1. The van der Waals surface area contributed by atoms with Crippen LogP contribution >= 0.6 is 44.3 Å². The van der Waals surface area contributed by atoms with Crippen molar-refractivity contribution in [1.29, 1.82) is 0 Å². The van der Waals surface area contributed by atoms with Gasteiger partial charge in [-0.15, -0.1) is 12.4 Å². The van der Waals surface area contributed by atoms with Crippen molar-refractivity contribution >= 4 is 72.8 Å². The molecule has 2 N–H and O–H groups in total. The zero-order chi connectivity index (χ0) is 27.5. The second kappa shape index (κ2) is 15.5. The summed E-state index contributed by atoms with van der Waals surface area (Å²) >= 11 is 6.53. The smallest absolute Gasteiger partial charge is 0.189 e. The third-order valence-electron chi connectivity index (χ3n) is 5.10. The van der Waals surface area contributed by atoms with Gasteiger partial charge in [-0.1, -0.05) is 74.3 Å². The molecule has 1 heterocycles. The Balaban J connectivity index is 0.000000219. The Kier molecular flexibility index (Phi) is 12.5. The third kappa shape index (κ3) is 8.85. The molecule has 0 amide bonds. The van der Waals surface area contributed by atoms with Gasteiger partial charge in [0.15, 0.2) is 17.7 Å². The van der Waals surface area contributed by atoms with Crippen molar-refractivity contribution in [3.8, 4) is 5.69 Å². The van der Waals surface area contributed by atoms with Crippen LogP contribution in [0, 0.1) is 19.0 Å². The van der Waals surface area contributed by atoms with Crippen LogP contribution in [0.15, 0.2) is 100 Å². The van der Waals surface area contributed by atoms with Gasteiger partial charge in [-0.05, 0) is 48.0 Å². The third-order valence-corrected chi connectivity index (χ3v) is 6.09.